The minimum atomic E-state index is -0.178. The number of carbonyl (C=O) groups is 1. The Kier molecular flexibility index (Phi) is 5.36. The molecule has 1 aliphatic rings. The van der Waals surface area contributed by atoms with E-state index in [1.807, 2.05) is 19.9 Å². The summed E-state index contributed by atoms with van der Waals surface area (Å²) in [5.41, 5.74) is 0. The maximum Gasteiger partial charge on any atom is 0.307 e. The number of carbonyl (C=O) groups excluding carboxylic acids is 1. The third-order valence-corrected chi connectivity index (χ3v) is 3.64. The predicted molar refractivity (Wildman–Crippen MR) is 79.6 cm³/mol. The molecule has 116 valence electrons. The molecule has 0 amide bonds. The van der Waals surface area contributed by atoms with Gasteiger partial charge in [-0.2, -0.15) is 4.98 Å². The summed E-state index contributed by atoms with van der Waals surface area (Å²) in [5, 5.41) is 0. The van der Waals surface area contributed by atoms with E-state index in [0.717, 1.165) is 31.6 Å². The van der Waals surface area contributed by atoms with Gasteiger partial charge in [0.15, 0.2) is 0 Å². The number of aryl methyl sites for hydroxylation is 1. The summed E-state index contributed by atoms with van der Waals surface area (Å²) in [5.74, 6) is 1.92. The van der Waals surface area contributed by atoms with Crippen molar-refractivity contribution in [1.82, 2.24) is 9.97 Å². The van der Waals surface area contributed by atoms with E-state index in [9.17, 15) is 4.79 Å². The van der Waals surface area contributed by atoms with Crippen LogP contribution in [-0.4, -0.2) is 42.2 Å². The zero-order valence-corrected chi connectivity index (χ0v) is 13.0. The SMILES string of the molecule is CCOc1cc(N2CCCCC2CC(=O)OC)nc(C)n1. The molecule has 0 N–H and O–H groups in total. The van der Waals surface area contributed by atoms with Crippen LogP contribution in [0.5, 0.6) is 5.88 Å². The minimum Gasteiger partial charge on any atom is -0.478 e. The summed E-state index contributed by atoms with van der Waals surface area (Å²) >= 11 is 0. The summed E-state index contributed by atoms with van der Waals surface area (Å²) in [7, 11) is 1.43. The summed E-state index contributed by atoms with van der Waals surface area (Å²) < 4.78 is 10.3. The van der Waals surface area contributed by atoms with Gasteiger partial charge in [-0.1, -0.05) is 0 Å². The first kappa shape index (κ1) is 15.5. The van der Waals surface area contributed by atoms with Crippen molar-refractivity contribution in [1.29, 1.82) is 0 Å². The Balaban J connectivity index is 2.21. The van der Waals surface area contributed by atoms with Crippen LogP contribution >= 0.6 is 0 Å². The number of methoxy groups -OCH3 is 1. The predicted octanol–water partition coefficient (Wildman–Crippen LogP) is 2.11. The van der Waals surface area contributed by atoms with Crippen LogP contribution in [-0.2, 0) is 9.53 Å². The zero-order valence-electron chi connectivity index (χ0n) is 13.0. The van der Waals surface area contributed by atoms with Gasteiger partial charge >= 0.3 is 5.97 Å². The molecule has 1 saturated heterocycles. The Morgan fingerprint density at radius 2 is 2.24 bits per heavy atom. The van der Waals surface area contributed by atoms with E-state index >= 15 is 0 Å². The molecule has 6 nitrogen and oxygen atoms in total. The Hall–Kier alpha value is -1.85. The first-order valence-electron chi connectivity index (χ1n) is 7.46. The molecule has 0 aliphatic carbocycles. The lowest BCUT2D eigenvalue weighted by molar-refractivity contribution is -0.141. The highest BCUT2D eigenvalue weighted by atomic mass is 16.5. The fourth-order valence-electron chi connectivity index (χ4n) is 2.68. The highest BCUT2D eigenvalue weighted by Crippen LogP contribution is 2.27. The van der Waals surface area contributed by atoms with E-state index in [-0.39, 0.29) is 12.0 Å². The molecule has 2 heterocycles. The van der Waals surface area contributed by atoms with Crippen molar-refractivity contribution in [3.8, 4) is 5.88 Å². The molecule has 1 aromatic rings. The molecule has 0 bridgehead atoms. The monoisotopic (exact) mass is 293 g/mol. The number of hydrogen-bond donors (Lipinski definition) is 0. The molecular formula is C15H23N3O3. The Bertz CT molecular complexity index is 493. The van der Waals surface area contributed by atoms with Crippen LogP contribution in [0, 0.1) is 6.92 Å². The molecule has 1 fully saturated rings. The van der Waals surface area contributed by atoms with Gasteiger partial charge in [-0.25, -0.2) is 4.98 Å². The number of nitrogens with zero attached hydrogens (tertiary/aromatic N) is 3. The molecule has 1 aliphatic heterocycles. The smallest absolute Gasteiger partial charge is 0.307 e. The first-order valence-corrected chi connectivity index (χ1v) is 7.46. The van der Waals surface area contributed by atoms with Crippen LogP contribution in [0.2, 0.25) is 0 Å². The van der Waals surface area contributed by atoms with Crippen LogP contribution in [0.3, 0.4) is 0 Å². The normalized spacial score (nSPS) is 18.4. The van der Waals surface area contributed by atoms with Gasteiger partial charge in [-0.05, 0) is 33.1 Å². The molecule has 1 aromatic heterocycles. The molecule has 0 aromatic carbocycles. The molecule has 0 spiro atoms. The molecule has 1 atom stereocenters. The van der Waals surface area contributed by atoms with E-state index in [0.29, 0.717) is 24.7 Å². The van der Waals surface area contributed by atoms with Crippen LogP contribution in [0.25, 0.3) is 0 Å². The summed E-state index contributed by atoms with van der Waals surface area (Å²) in [6.45, 7) is 5.24. The van der Waals surface area contributed by atoms with Crippen molar-refractivity contribution in [3.63, 3.8) is 0 Å². The average Bonchev–Trinajstić information content (AvgIpc) is 2.47. The lowest BCUT2D eigenvalue weighted by Crippen LogP contribution is -2.41. The van der Waals surface area contributed by atoms with Crippen LogP contribution in [0.4, 0.5) is 5.82 Å². The average molecular weight is 293 g/mol. The second-order valence-electron chi connectivity index (χ2n) is 5.17. The molecule has 6 heteroatoms. The maximum atomic E-state index is 11.6. The molecule has 1 unspecified atom stereocenters. The zero-order chi connectivity index (χ0) is 15.2. The second-order valence-corrected chi connectivity index (χ2v) is 5.17. The van der Waals surface area contributed by atoms with Crippen LogP contribution in [0.15, 0.2) is 6.07 Å². The Labute approximate surface area is 125 Å². The van der Waals surface area contributed by atoms with Gasteiger partial charge in [0.2, 0.25) is 5.88 Å². The quantitative estimate of drug-likeness (QED) is 0.775. The molecule has 2 rings (SSSR count). The summed E-state index contributed by atoms with van der Waals surface area (Å²) in [6, 6.07) is 1.99. The molecule has 0 radical (unpaired) electrons. The van der Waals surface area contributed by atoms with Crippen molar-refractivity contribution in [2.75, 3.05) is 25.2 Å². The molecular weight excluding hydrogens is 270 g/mol. The highest BCUT2D eigenvalue weighted by Gasteiger charge is 2.26. The number of ether oxygens (including phenoxy) is 2. The van der Waals surface area contributed by atoms with Gasteiger partial charge in [0.25, 0.3) is 0 Å². The fraction of sp³-hybridized carbons (Fsp3) is 0.667. The van der Waals surface area contributed by atoms with Crippen molar-refractivity contribution in [3.05, 3.63) is 11.9 Å². The number of piperidine rings is 1. The lowest BCUT2D eigenvalue weighted by atomic mass is 9.99. The standard InChI is InChI=1S/C15H23N3O3/c1-4-21-14-10-13(16-11(2)17-14)18-8-6-5-7-12(18)9-15(19)20-3/h10,12H,4-9H2,1-3H3. The van der Waals surface area contributed by atoms with Crippen LogP contribution in [0.1, 0.15) is 38.4 Å². The summed E-state index contributed by atoms with van der Waals surface area (Å²) in [4.78, 5) is 22.5. The third-order valence-electron chi connectivity index (χ3n) is 3.64. The minimum absolute atomic E-state index is 0.134. The second kappa shape index (κ2) is 7.24. The maximum absolute atomic E-state index is 11.6. The number of hydrogen-bond acceptors (Lipinski definition) is 6. The van der Waals surface area contributed by atoms with Crippen molar-refractivity contribution >= 4 is 11.8 Å². The van der Waals surface area contributed by atoms with Gasteiger partial charge in [-0.3, -0.25) is 4.79 Å². The van der Waals surface area contributed by atoms with Crippen LogP contribution < -0.4 is 9.64 Å². The first-order chi connectivity index (χ1) is 10.1. The van der Waals surface area contributed by atoms with Gasteiger partial charge in [0.05, 0.1) is 20.1 Å². The van der Waals surface area contributed by atoms with E-state index in [2.05, 4.69) is 14.9 Å². The number of aromatic nitrogens is 2. The van der Waals surface area contributed by atoms with E-state index in [1.54, 1.807) is 0 Å². The summed E-state index contributed by atoms with van der Waals surface area (Å²) in [6.07, 6.45) is 3.59. The van der Waals surface area contributed by atoms with E-state index in [4.69, 9.17) is 9.47 Å². The van der Waals surface area contributed by atoms with Crippen molar-refractivity contribution < 1.29 is 14.3 Å². The number of anilines is 1. The van der Waals surface area contributed by atoms with E-state index in [1.165, 1.54) is 7.11 Å². The van der Waals surface area contributed by atoms with Crippen molar-refractivity contribution in [2.45, 2.75) is 45.6 Å². The number of rotatable bonds is 5. The largest absolute Gasteiger partial charge is 0.478 e. The lowest BCUT2D eigenvalue weighted by Gasteiger charge is -2.36. The molecule has 0 saturated carbocycles. The topological polar surface area (TPSA) is 64.5 Å². The molecule has 21 heavy (non-hydrogen) atoms. The fourth-order valence-corrected chi connectivity index (χ4v) is 2.68. The Morgan fingerprint density at radius 1 is 1.43 bits per heavy atom. The van der Waals surface area contributed by atoms with Gasteiger partial charge < -0.3 is 14.4 Å². The van der Waals surface area contributed by atoms with Crippen molar-refractivity contribution in [2.24, 2.45) is 0 Å². The van der Waals surface area contributed by atoms with Gasteiger partial charge in [0.1, 0.15) is 11.6 Å². The van der Waals surface area contributed by atoms with Gasteiger partial charge in [-0.15, -0.1) is 0 Å². The van der Waals surface area contributed by atoms with E-state index < -0.39 is 0 Å². The Morgan fingerprint density at radius 3 is 2.95 bits per heavy atom. The van der Waals surface area contributed by atoms with Gasteiger partial charge in [0, 0.05) is 18.7 Å². The third kappa shape index (κ3) is 4.06. The number of esters is 1. The highest BCUT2D eigenvalue weighted by molar-refractivity contribution is 5.70.